The molecular formula is C19H25FN4O. The summed E-state index contributed by atoms with van der Waals surface area (Å²) in [4.78, 5) is 8.50. The Morgan fingerprint density at radius 2 is 1.88 bits per heavy atom. The van der Waals surface area contributed by atoms with E-state index in [0.29, 0.717) is 30.1 Å². The van der Waals surface area contributed by atoms with Gasteiger partial charge in [0.25, 0.3) is 0 Å². The third-order valence-corrected chi connectivity index (χ3v) is 3.88. The molecule has 0 saturated heterocycles. The van der Waals surface area contributed by atoms with Crippen LogP contribution in [0.2, 0.25) is 0 Å². The lowest BCUT2D eigenvalue weighted by Gasteiger charge is -2.20. The zero-order valence-corrected chi connectivity index (χ0v) is 15.1. The van der Waals surface area contributed by atoms with E-state index in [0.717, 1.165) is 11.5 Å². The van der Waals surface area contributed by atoms with Gasteiger partial charge in [-0.15, -0.1) is 0 Å². The summed E-state index contributed by atoms with van der Waals surface area (Å²) >= 11 is 0. The minimum atomic E-state index is -0.296. The molecule has 0 fully saturated rings. The normalized spacial score (nSPS) is 12.8. The van der Waals surface area contributed by atoms with Crippen LogP contribution in [0.3, 0.4) is 0 Å². The van der Waals surface area contributed by atoms with Gasteiger partial charge in [0, 0.05) is 31.9 Å². The molecule has 25 heavy (non-hydrogen) atoms. The number of aromatic nitrogens is 1. The predicted octanol–water partition coefficient (Wildman–Crippen LogP) is 3.72. The first-order chi connectivity index (χ1) is 12.0. The lowest BCUT2D eigenvalue weighted by Crippen LogP contribution is -2.43. The smallest absolute Gasteiger partial charge is 0.219 e. The van der Waals surface area contributed by atoms with Crippen molar-refractivity contribution in [3.63, 3.8) is 0 Å². The van der Waals surface area contributed by atoms with Crippen LogP contribution in [0.15, 0.2) is 47.6 Å². The Morgan fingerprint density at radius 1 is 1.16 bits per heavy atom. The number of halogens is 1. The van der Waals surface area contributed by atoms with Crippen molar-refractivity contribution in [1.29, 1.82) is 0 Å². The molecule has 134 valence electrons. The van der Waals surface area contributed by atoms with E-state index >= 15 is 0 Å². The third-order valence-electron chi connectivity index (χ3n) is 3.88. The summed E-state index contributed by atoms with van der Waals surface area (Å²) < 4.78 is 18.5. The van der Waals surface area contributed by atoms with Gasteiger partial charge in [0.05, 0.1) is 0 Å². The maximum absolute atomic E-state index is 12.9. The second kappa shape index (κ2) is 9.01. The zero-order chi connectivity index (χ0) is 18.2. The molecule has 1 aromatic heterocycles. The molecule has 1 heterocycles. The summed E-state index contributed by atoms with van der Waals surface area (Å²) in [7, 11) is 1.75. The Kier molecular flexibility index (Phi) is 6.74. The second-order valence-corrected chi connectivity index (χ2v) is 6.16. The molecule has 1 aromatic carbocycles. The Hall–Kier alpha value is -2.63. The molecule has 0 spiro atoms. The van der Waals surface area contributed by atoms with Gasteiger partial charge < -0.3 is 15.4 Å². The Bertz CT molecular complexity index is 684. The minimum Gasteiger partial charge on any atom is -0.439 e. The summed E-state index contributed by atoms with van der Waals surface area (Å²) in [5.74, 6) is 1.99. The number of nitrogens with one attached hydrogen (secondary N) is 2. The van der Waals surface area contributed by atoms with Crippen molar-refractivity contribution in [3.8, 4) is 11.6 Å². The zero-order valence-electron chi connectivity index (χ0n) is 15.1. The highest BCUT2D eigenvalue weighted by Crippen LogP contribution is 2.19. The first-order valence-corrected chi connectivity index (χ1v) is 8.33. The average Bonchev–Trinajstić information content (AvgIpc) is 2.61. The number of aliphatic imine (C=N–C) groups is 1. The van der Waals surface area contributed by atoms with Crippen molar-refractivity contribution in [2.75, 3.05) is 7.05 Å². The molecule has 0 aliphatic rings. The van der Waals surface area contributed by atoms with E-state index in [9.17, 15) is 4.39 Å². The monoisotopic (exact) mass is 344 g/mol. The highest BCUT2D eigenvalue weighted by molar-refractivity contribution is 5.79. The molecule has 0 bridgehead atoms. The summed E-state index contributed by atoms with van der Waals surface area (Å²) in [6, 6.07) is 9.88. The van der Waals surface area contributed by atoms with Gasteiger partial charge in [-0.1, -0.05) is 19.9 Å². The van der Waals surface area contributed by atoms with Gasteiger partial charge in [0.15, 0.2) is 5.96 Å². The molecule has 6 heteroatoms. The fraction of sp³-hybridized carbons (Fsp3) is 0.368. The molecule has 0 radical (unpaired) electrons. The van der Waals surface area contributed by atoms with Crippen molar-refractivity contribution in [3.05, 3.63) is 54.0 Å². The van der Waals surface area contributed by atoms with E-state index in [-0.39, 0.29) is 5.82 Å². The molecule has 2 N–H and O–H groups in total. The molecule has 1 unspecified atom stereocenters. The first kappa shape index (κ1) is 18.7. The summed E-state index contributed by atoms with van der Waals surface area (Å²) in [5.41, 5.74) is 1.01. The number of ether oxygens (including phenoxy) is 1. The van der Waals surface area contributed by atoms with Crippen LogP contribution in [-0.4, -0.2) is 24.0 Å². The van der Waals surface area contributed by atoms with Crippen LogP contribution < -0.4 is 15.4 Å². The van der Waals surface area contributed by atoms with E-state index in [1.54, 1.807) is 31.4 Å². The number of benzene rings is 1. The van der Waals surface area contributed by atoms with Crippen LogP contribution in [0.4, 0.5) is 4.39 Å². The van der Waals surface area contributed by atoms with Gasteiger partial charge in [-0.05, 0) is 42.7 Å². The first-order valence-electron chi connectivity index (χ1n) is 8.33. The highest BCUT2D eigenvalue weighted by atomic mass is 19.1. The Morgan fingerprint density at radius 3 is 2.44 bits per heavy atom. The number of pyridine rings is 1. The SMILES string of the molecule is CN=C(NCc1ccc(Oc2ccc(F)cc2)nc1)NC(C)C(C)C. The minimum absolute atomic E-state index is 0.296. The molecule has 1 atom stereocenters. The lowest BCUT2D eigenvalue weighted by molar-refractivity contribution is 0.460. The van der Waals surface area contributed by atoms with Gasteiger partial charge in [0.2, 0.25) is 5.88 Å². The van der Waals surface area contributed by atoms with Crippen LogP contribution in [0.1, 0.15) is 26.3 Å². The van der Waals surface area contributed by atoms with Gasteiger partial charge in [-0.25, -0.2) is 9.37 Å². The fourth-order valence-electron chi connectivity index (χ4n) is 1.96. The van der Waals surface area contributed by atoms with Crippen molar-refractivity contribution in [2.45, 2.75) is 33.4 Å². The second-order valence-electron chi connectivity index (χ2n) is 6.16. The number of rotatable bonds is 6. The Balaban J connectivity index is 1.88. The molecule has 2 aromatic rings. The van der Waals surface area contributed by atoms with Crippen molar-refractivity contribution < 1.29 is 9.13 Å². The number of guanidine groups is 1. The van der Waals surface area contributed by atoms with Crippen LogP contribution in [0.25, 0.3) is 0 Å². The average molecular weight is 344 g/mol. The topological polar surface area (TPSA) is 58.5 Å². The largest absolute Gasteiger partial charge is 0.439 e. The summed E-state index contributed by atoms with van der Waals surface area (Å²) in [6.07, 6.45) is 1.74. The third kappa shape index (κ3) is 6.06. The van der Waals surface area contributed by atoms with Gasteiger partial charge >= 0.3 is 0 Å². The van der Waals surface area contributed by atoms with E-state index in [4.69, 9.17) is 4.74 Å². The number of hydrogen-bond donors (Lipinski definition) is 2. The Labute approximate surface area is 148 Å². The van der Waals surface area contributed by atoms with Crippen LogP contribution in [-0.2, 0) is 6.54 Å². The number of hydrogen-bond acceptors (Lipinski definition) is 3. The maximum atomic E-state index is 12.9. The highest BCUT2D eigenvalue weighted by Gasteiger charge is 2.08. The molecular weight excluding hydrogens is 319 g/mol. The summed E-state index contributed by atoms with van der Waals surface area (Å²) in [5, 5.41) is 6.61. The van der Waals surface area contributed by atoms with Crippen LogP contribution in [0.5, 0.6) is 11.6 Å². The van der Waals surface area contributed by atoms with E-state index in [1.807, 2.05) is 6.07 Å². The van der Waals surface area contributed by atoms with Crippen LogP contribution in [0, 0.1) is 11.7 Å². The molecule has 2 rings (SSSR count). The standard InChI is InChI=1S/C19H25FN4O/c1-13(2)14(3)24-19(21-4)23-12-15-5-10-18(22-11-15)25-17-8-6-16(20)7-9-17/h5-11,13-14H,12H2,1-4H3,(H2,21,23,24). The van der Waals surface area contributed by atoms with Crippen molar-refractivity contribution in [2.24, 2.45) is 10.9 Å². The molecule has 0 aliphatic heterocycles. The molecule has 5 nitrogen and oxygen atoms in total. The van der Waals surface area contributed by atoms with E-state index in [2.05, 4.69) is 41.4 Å². The number of nitrogens with zero attached hydrogens (tertiary/aromatic N) is 2. The molecule has 0 aliphatic carbocycles. The fourth-order valence-corrected chi connectivity index (χ4v) is 1.96. The van der Waals surface area contributed by atoms with Gasteiger partial charge in [-0.3, -0.25) is 4.99 Å². The van der Waals surface area contributed by atoms with Crippen LogP contribution >= 0.6 is 0 Å². The predicted molar refractivity (Wildman–Crippen MR) is 98.3 cm³/mol. The van der Waals surface area contributed by atoms with Crippen molar-refractivity contribution in [1.82, 2.24) is 15.6 Å². The van der Waals surface area contributed by atoms with E-state index < -0.39 is 0 Å². The van der Waals surface area contributed by atoms with Crippen molar-refractivity contribution >= 4 is 5.96 Å². The van der Waals surface area contributed by atoms with Gasteiger partial charge in [0.1, 0.15) is 11.6 Å². The quantitative estimate of drug-likeness (QED) is 0.619. The van der Waals surface area contributed by atoms with E-state index in [1.165, 1.54) is 12.1 Å². The maximum Gasteiger partial charge on any atom is 0.219 e. The molecule has 0 amide bonds. The lowest BCUT2D eigenvalue weighted by atomic mass is 10.1. The van der Waals surface area contributed by atoms with Gasteiger partial charge in [-0.2, -0.15) is 0 Å². The molecule has 0 saturated carbocycles. The summed E-state index contributed by atoms with van der Waals surface area (Å²) in [6.45, 7) is 7.05.